The standard InChI is InChI=1S/C11H10N2O2/c1-7-5-9(15)11(13-6-7)10-8(14)3-2-4-12-10/h2-6,14-15H,1H3. The van der Waals surface area contributed by atoms with Crippen LogP contribution in [0.5, 0.6) is 11.5 Å². The van der Waals surface area contributed by atoms with Crippen molar-refractivity contribution in [3.8, 4) is 22.9 Å². The summed E-state index contributed by atoms with van der Waals surface area (Å²) in [5, 5.41) is 19.2. The van der Waals surface area contributed by atoms with E-state index in [1.807, 2.05) is 6.92 Å². The molecule has 2 aromatic rings. The van der Waals surface area contributed by atoms with Gasteiger partial charge in [0.2, 0.25) is 0 Å². The molecule has 0 spiro atoms. The zero-order chi connectivity index (χ0) is 10.8. The highest BCUT2D eigenvalue weighted by molar-refractivity contribution is 5.67. The average Bonchev–Trinajstić information content (AvgIpc) is 2.20. The fourth-order valence-electron chi connectivity index (χ4n) is 1.32. The van der Waals surface area contributed by atoms with E-state index in [0.29, 0.717) is 5.69 Å². The third-order valence-electron chi connectivity index (χ3n) is 2.02. The number of aromatic hydroxyl groups is 2. The molecular weight excluding hydrogens is 192 g/mol. The predicted molar refractivity (Wildman–Crippen MR) is 55.5 cm³/mol. The monoisotopic (exact) mass is 202 g/mol. The van der Waals surface area contributed by atoms with Crippen molar-refractivity contribution in [2.24, 2.45) is 0 Å². The van der Waals surface area contributed by atoms with Crippen LogP contribution in [0, 0.1) is 6.92 Å². The fraction of sp³-hybridized carbons (Fsp3) is 0.0909. The first-order valence-corrected chi connectivity index (χ1v) is 4.48. The molecule has 2 N–H and O–H groups in total. The topological polar surface area (TPSA) is 66.2 Å². The molecule has 0 saturated heterocycles. The van der Waals surface area contributed by atoms with Gasteiger partial charge in [-0.2, -0.15) is 0 Å². The Hall–Kier alpha value is -2.10. The zero-order valence-corrected chi connectivity index (χ0v) is 8.18. The highest BCUT2D eigenvalue weighted by Gasteiger charge is 2.11. The highest BCUT2D eigenvalue weighted by Crippen LogP contribution is 2.31. The van der Waals surface area contributed by atoms with Crippen LogP contribution in [0.4, 0.5) is 0 Å². The lowest BCUT2D eigenvalue weighted by molar-refractivity contribution is 0.465. The summed E-state index contributed by atoms with van der Waals surface area (Å²) >= 11 is 0. The van der Waals surface area contributed by atoms with Gasteiger partial charge in [0.1, 0.15) is 22.9 Å². The Bertz CT molecular complexity index is 498. The summed E-state index contributed by atoms with van der Waals surface area (Å²) in [6.07, 6.45) is 3.15. The first-order valence-electron chi connectivity index (χ1n) is 4.48. The van der Waals surface area contributed by atoms with Gasteiger partial charge in [-0.25, -0.2) is 0 Å². The maximum atomic E-state index is 9.66. The van der Waals surface area contributed by atoms with Gasteiger partial charge in [0.25, 0.3) is 0 Å². The van der Waals surface area contributed by atoms with Crippen LogP contribution in [-0.2, 0) is 0 Å². The van der Waals surface area contributed by atoms with E-state index in [0.717, 1.165) is 5.56 Å². The molecule has 0 bridgehead atoms. The summed E-state index contributed by atoms with van der Waals surface area (Å²) in [5.74, 6) is 0.0214. The van der Waals surface area contributed by atoms with Gasteiger partial charge in [-0.15, -0.1) is 0 Å². The molecule has 4 heteroatoms. The molecule has 0 radical (unpaired) electrons. The third-order valence-corrected chi connectivity index (χ3v) is 2.02. The van der Waals surface area contributed by atoms with Gasteiger partial charge in [-0.1, -0.05) is 0 Å². The quantitative estimate of drug-likeness (QED) is 0.740. The van der Waals surface area contributed by atoms with Crippen molar-refractivity contribution in [1.82, 2.24) is 9.97 Å². The Labute approximate surface area is 86.9 Å². The first-order chi connectivity index (χ1) is 7.18. The molecule has 76 valence electrons. The molecule has 0 unspecified atom stereocenters. The maximum absolute atomic E-state index is 9.66. The summed E-state index contributed by atoms with van der Waals surface area (Å²) in [7, 11) is 0. The number of aryl methyl sites for hydroxylation is 1. The van der Waals surface area contributed by atoms with Crippen LogP contribution in [0.25, 0.3) is 11.4 Å². The van der Waals surface area contributed by atoms with E-state index in [2.05, 4.69) is 9.97 Å². The molecular formula is C11H10N2O2. The summed E-state index contributed by atoms with van der Waals surface area (Å²) in [4.78, 5) is 8.00. The van der Waals surface area contributed by atoms with Crippen molar-refractivity contribution >= 4 is 0 Å². The van der Waals surface area contributed by atoms with E-state index in [4.69, 9.17) is 0 Å². The summed E-state index contributed by atoms with van der Waals surface area (Å²) < 4.78 is 0. The molecule has 0 saturated carbocycles. The van der Waals surface area contributed by atoms with Crippen LogP contribution in [-0.4, -0.2) is 20.2 Å². The SMILES string of the molecule is Cc1cnc(-c2ncccc2O)c(O)c1. The van der Waals surface area contributed by atoms with Gasteiger partial charge in [-0.3, -0.25) is 9.97 Å². The molecule has 2 heterocycles. The lowest BCUT2D eigenvalue weighted by atomic mass is 10.2. The van der Waals surface area contributed by atoms with E-state index >= 15 is 0 Å². The largest absolute Gasteiger partial charge is 0.506 e. The Balaban J connectivity index is 2.60. The number of pyridine rings is 2. The van der Waals surface area contributed by atoms with E-state index in [1.165, 1.54) is 12.3 Å². The van der Waals surface area contributed by atoms with Crippen LogP contribution in [0.15, 0.2) is 30.6 Å². The van der Waals surface area contributed by atoms with Crippen molar-refractivity contribution in [3.05, 3.63) is 36.2 Å². The van der Waals surface area contributed by atoms with E-state index in [9.17, 15) is 10.2 Å². The van der Waals surface area contributed by atoms with Gasteiger partial charge in [0.15, 0.2) is 0 Å². The molecule has 0 aliphatic carbocycles. The molecule has 4 nitrogen and oxygen atoms in total. The number of nitrogens with zero attached hydrogens (tertiary/aromatic N) is 2. The summed E-state index contributed by atoms with van der Waals surface area (Å²) in [5.41, 5.74) is 1.43. The van der Waals surface area contributed by atoms with Crippen LogP contribution in [0.1, 0.15) is 5.56 Å². The molecule has 0 aromatic carbocycles. The Kier molecular flexibility index (Phi) is 2.25. The van der Waals surface area contributed by atoms with Gasteiger partial charge >= 0.3 is 0 Å². The van der Waals surface area contributed by atoms with Gasteiger partial charge in [0.05, 0.1) is 0 Å². The minimum Gasteiger partial charge on any atom is -0.506 e. The van der Waals surface area contributed by atoms with Crippen molar-refractivity contribution in [2.75, 3.05) is 0 Å². The molecule has 0 aliphatic heterocycles. The first kappa shape index (κ1) is 9.45. The van der Waals surface area contributed by atoms with Gasteiger partial charge in [-0.05, 0) is 30.7 Å². The molecule has 15 heavy (non-hydrogen) atoms. The maximum Gasteiger partial charge on any atom is 0.143 e. The van der Waals surface area contributed by atoms with Crippen molar-refractivity contribution in [2.45, 2.75) is 6.92 Å². The number of rotatable bonds is 1. The smallest absolute Gasteiger partial charge is 0.143 e. The Morgan fingerprint density at radius 2 is 1.80 bits per heavy atom. The average molecular weight is 202 g/mol. The second-order valence-electron chi connectivity index (χ2n) is 3.25. The van der Waals surface area contributed by atoms with E-state index in [-0.39, 0.29) is 17.2 Å². The van der Waals surface area contributed by atoms with Crippen LogP contribution >= 0.6 is 0 Å². The third kappa shape index (κ3) is 1.74. The molecule has 0 aliphatic rings. The molecule has 2 rings (SSSR count). The van der Waals surface area contributed by atoms with Crippen molar-refractivity contribution in [1.29, 1.82) is 0 Å². The fourth-order valence-corrected chi connectivity index (χ4v) is 1.32. The normalized spacial score (nSPS) is 10.2. The zero-order valence-electron chi connectivity index (χ0n) is 8.18. The van der Waals surface area contributed by atoms with E-state index in [1.54, 1.807) is 18.3 Å². The van der Waals surface area contributed by atoms with Crippen molar-refractivity contribution < 1.29 is 10.2 Å². The predicted octanol–water partition coefficient (Wildman–Crippen LogP) is 1.86. The molecule has 0 fully saturated rings. The number of aromatic nitrogens is 2. The van der Waals surface area contributed by atoms with Gasteiger partial charge < -0.3 is 10.2 Å². The minimum absolute atomic E-state index is 0.00385. The van der Waals surface area contributed by atoms with E-state index < -0.39 is 0 Å². The molecule has 0 atom stereocenters. The lowest BCUT2D eigenvalue weighted by Gasteiger charge is -2.05. The summed E-state index contributed by atoms with van der Waals surface area (Å²) in [6, 6.07) is 4.70. The summed E-state index contributed by atoms with van der Waals surface area (Å²) in [6.45, 7) is 1.83. The Morgan fingerprint density at radius 1 is 1.07 bits per heavy atom. The second kappa shape index (κ2) is 3.57. The van der Waals surface area contributed by atoms with Crippen LogP contribution in [0.2, 0.25) is 0 Å². The minimum atomic E-state index is 0.00385. The lowest BCUT2D eigenvalue weighted by Crippen LogP contribution is -1.89. The number of hydrogen-bond donors (Lipinski definition) is 2. The Morgan fingerprint density at radius 3 is 2.47 bits per heavy atom. The van der Waals surface area contributed by atoms with Crippen LogP contribution in [0.3, 0.4) is 0 Å². The highest BCUT2D eigenvalue weighted by atomic mass is 16.3. The molecule has 0 amide bonds. The van der Waals surface area contributed by atoms with Crippen LogP contribution < -0.4 is 0 Å². The second-order valence-corrected chi connectivity index (χ2v) is 3.25. The van der Waals surface area contributed by atoms with Gasteiger partial charge in [0, 0.05) is 12.4 Å². The molecule has 2 aromatic heterocycles. The van der Waals surface area contributed by atoms with Crippen molar-refractivity contribution in [3.63, 3.8) is 0 Å². The number of hydrogen-bond acceptors (Lipinski definition) is 4.